The van der Waals surface area contributed by atoms with Crippen molar-refractivity contribution in [1.82, 2.24) is 10.3 Å². The molecule has 1 aromatic heterocycles. The second kappa shape index (κ2) is 9.99. The molecule has 8 heteroatoms. The van der Waals surface area contributed by atoms with E-state index in [1.54, 1.807) is 27.7 Å². The van der Waals surface area contributed by atoms with Crippen molar-refractivity contribution in [1.29, 1.82) is 0 Å². The van der Waals surface area contributed by atoms with Gasteiger partial charge in [-0.3, -0.25) is 9.78 Å². The number of halogens is 1. The number of esters is 1. The summed E-state index contributed by atoms with van der Waals surface area (Å²) in [5, 5.41) is 2.28. The molecule has 0 aliphatic heterocycles. The molecule has 0 spiro atoms. The number of nitrogens with one attached hydrogen (secondary N) is 1. The number of hydrogen-bond acceptors (Lipinski definition) is 6. The van der Waals surface area contributed by atoms with Crippen molar-refractivity contribution in [2.75, 3.05) is 6.61 Å². The summed E-state index contributed by atoms with van der Waals surface area (Å²) in [5.41, 5.74) is -1.03. The number of pyridine rings is 1. The van der Waals surface area contributed by atoms with Gasteiger partial charge in [0.15, 0.2) is 11.8 Å². The van der Waals surface area contributed by atoms with E-state index in [2.05, 4.69) is 10.3 Å². The summed E-state index contributed by atoms with van der Waals surface area (Å²) in [6.45, 7) is 8.54. The normalized spacial score (nSPS) is 12.2. The molecule has 1 amide bonds. The van der Waals surface area contributed by atoms with Crippen LogP contribution in [0.5, 0.6) is 0 Å². The minimum atomic E-state index is -1.49. The fourth-order valence-electron chi connectivity index (χ4n) is 2.18. The van der Waals surface area contributed by atoms with E-state index < -0.39 is 29.5 Å². The van der Waals surface area contributed by atoms with E-state index in [9.17, 15) is 18.8 Å². The molecule has 0 radical (unpaired) electrons. The van der Waals surface area contributed by atoms with Crippen LogP contribution < -0.4 is 5.32 Å². The zero-order chi connectivity index (χ0) is 20.6. The van der Waals surface area contributed by atoms with E-state index in [1.807, 2.05) is 6.92 Å². The highest BCUT2D eigenvalue weighted by atomic mass is 19.1. The number of hydrogen-bond donors (Lipinski definition) is 1. The zero-order valence-electron chi connectivity index (χ0n) is 16.4. The first-order chi connectivity index (χ1) is 12.6. The highest BCUT2D eigenvalue weighted by molar-refractivity contribution is 5.95. The standard InChI is InChI=1S/C19H27FN2O5/c1-6-8-9-14(23)12-10-13(20)15(21-11-12)16(17(24)26-7-2)22-18(25)27-19(3,4)5/h10-11,16H,6-9H2,1-5H3,(H,22,25). The lowest BCUT2D eigenvalue weighted by Gasteiger charge is -2.22. The van der Waals surface area contributed by atoms with Crippen molar-refractivity contribution >= 4 is 17.8 Å². The first-order valence-electron chi connectivity index (χ1n) is 8.93. The molecule has 0 aromatic carbocycles. The van der Waals surface area contributed by atoms with Crippen molar-refractivity contribution in [2.24, 2.45) is 0 Å². The summed E-state index contributed by atoms with van der Waals surface area (Å²) in [6.07, 6.45) is 2.09. The number of ketones is 1. The SMILES string of the molecule is CCCCC(=O)c1cnc(C(NC(=O)OC(C)(C)C)C(=O)OCC)c(F)c1. The Labute approximate surface area is 158 Å². The number of alkyl carbamates (subject to hydrolysis) is 1. The maximum Gasteiger partial charge on any atom is 0.408 e. The molecule has 1 N–H and O–H groups in total. The topological polar surface area (TPSA) is 94.6 Å². The number of rotatable bonds is 8. The summed E-state index contributed by atoms with van der Waals surface area (Å²) in [7, 11) is 0. The van der Waals surface area contributed by atoms with E-state index in [-0.39, 0.29) is 30.1 Å². The third-order valence-electron chi connectivity index (χ3n) is 3.41. The highest BCUT2D eigenvalue weighted by Crippen LogP contribution is 2.19. The molecule has 150 valence electrons. The van der Waals surface area contributed by atoms with Crippen LogP contribution in [-0.4, -0.2) is 35.0 Å². The molecule has 0 bridgehead atoms. The summed E-state index contributed by atoms with van der Waals surface area (Å²) >= 11 is 0. The lowest BCUT2D eigenvalue weighted by Crippen LogP contribution is -2.39. The summed E-state index contributed by atoms with van der Waals surface area (Å²) < 4.78 is 24.6. The Hall–Kier alpha value is -2.51. The molecule has 0 fully saturated rings. The highest BCUT2D eigenvalue weighted by Gasteiger charge is 2.31. The Morgan fingerprint density at radius 1 is 1.26 bits per heavy atom. The lowest BCUT2D eigenvalue weighted by molar-refractivity contribution is -0.146. The smallest absolute Gasteiger partial charge is 0.408 e. The molecule has 0 saturated heterocycles. The Bertz CT molecular complexity index is 685. The predicted molar refractivity (Wildman–Crippen MR) is 96.8 cm³/mol. The number of Topliss-reactive ketones (excluding diaryl/α,β-unsaturated/α-hetero) is 1. The molecule has 0 aliphatic rings. The second-order valence-electron chi connectivity index (χ2n) is 6.95. The minimum absolute atomic E-state index is 0.0422. The molecular formula is C19H27FN2O5. The van der Waals surface area contributed by atoms with Crippen LogP contribution in [0.15, 0.2) is 12.3 Å². The van der Waals surface area contributed by atoms with Gasteiger partial charge in [0.25, 0.3) is 0 Å². The molecule has 27 heavy (non-hydrogen) atoms. The molecule has 1 atom stereocenters. The number of ether oxygens (including phenoxy) is 2. The van der Waals surface area contributed by atoms with Crippen molar-refractivity contribution < 1.29 is 28.2 Å². The number of unbranched alkanes of at least 4 members (excludes halogenated alkanes) is 1. The van der Waals surface area contributed by atoms with Gasteiger partial charge in [-0.2, -0.15) is 0 Å². The Morgan fingerprint density at radius 2 is 1.93 bits per heavy atom. The largest absolute Gasteiger partial charge is 0.464 e. The van der Waals surface area contributed by atoms with E-state index >= 15 is 0 Å². The number of amides is 1. The predicted octanol–water partition coefficient (Wildman–Crippen LogP) is 3.72. The van der Waals surface area contributed by atoms with Gasteiger partial charge in [-0.05, 0) is 40.2 Å². The fourth-order valence-corrected chi connectivity index (χ4v) is 2.18. The van der Waals surface area contributed by atoms with E-state index in [4.69, 9.17) is 9.47 Å². The number of carbonyl (C=O) groups is 3. The molecule has 1 unspecified atom stereocenters. The molecule has 7 nitrogen and oxygen atoms in total. The van der Waals surface area contributed by atoms with Crippen molar-refractivity contribution in [3.05, 3.63) is 29.3 Å². The number of carbonyl (C=O) groups excluding carboxylic acids is 3. The maximum absolute atomic E-state index is 14.6. The van der Waals surface area contributed by atoms with Gasteiger partial charge in [-0.25, -0.2) is 14.0 Å². The summed E-state index contributed by atoms with van der Waals surface area (Å²) in [4.78, 5) is 40.1. The molecule has 1 aromatic rings. The van der Waals surface area contributed by atoms with Gasteiger partial charge in [-0.15, -0.1) is 0 Å². The quantitative estimate of drug-likeness (QED) is 0.544. The van der Waals surface area contributed by atoms with Gasteiger partial charge < -0.3 is 14.8 Å². The van der Waals surface area contributed by atoms with E-state index in [1.165, 1.54) is 6.20 Å². The zero-order valence-corrected chi connectivity index (χ0v) is 16.4. The molecule has 1 heterocycles. The van der Waals surface area contributed by atoms with Crippen LogP contribution in [0.25, 0.3) is 0 Å². The van der Waals surface area contributed by atoms with Crippen LogP contribution in [0.1, 0.15) is 76.0 Å². The van der Waals surface area contributed by atoms with Crippen LogP contribution in [0.2, 0.25) is 0 Å². The Balaban J connectivity index is 3.09. The van der Waals surface area contributed by atoms with Crippen LogP contribution in [0.3, 0.4) is 0 Å². The molecular weight excluding hydrogens is 355 g/mol. The van der Waals surface area contributed by atoms with Crippen LogP contribution >= 0.6 is 0 Å². The molecule has 0 saturated carbocycles. The minimum Gasteiger partial charge on any atom is -0.464 e. The second-order valence-corrected chi connectivity index (χ2v) is 6.95. The number of nitrogens with zero attached hydrogens (tertiary/aromatic N) is 1. The van der Waals surface area contributed by atoms with Crippen molar-refractivity contribution in [3.8, 4) is 0 Å². The first-order valence-corrected chi connectivity index (χ1v) is 8.93. The average Bonchev–Trinajstić information content (AvgIpc) is 2.56. The van der Waals surface area contributed by atoms with Gasteiger partial charge in [0.2, 0.25) is 0 Å². The van der Waals surface area contributed by atoms with E-state index in [0.29, 0.717) is 6.42 Å². The summed E-state index contributed by atoms with van der Waals surface area (Å²) in [5.74, 6) is -1.99. The van der Waals surface area contributed by atoms with Gasteiger partial charge >= 0.3 is 12.1 Å². The third-order valence-corrected chi connectivity index (χ3v) is 3.41. The maximum atomic E-state index is 14.6. The van der Waals surface area contributed by atoms with Crippen LogP contribution in [0, 0.1) is 5.82 Å². The average molecular weight is 382 g/mol. The van der Waals surface area contributed by atoms with Gasteiger partial charge in [0.05, 0.1) is 6.61 Å². The van der Waals surface area contributed by atoms with Crippen LogP contribution in [0.4, 0.5) is 9.18 Å². The van der Waals surface area contributed by atoms with Gasteiger partial charge in [-0.1, -0.05) is 13.3 Å². The van der Waals surface area contributed by atoms with Crippen molar-refractivity contribution in [2.45, 2.75) is 65.5 Å². The Kier molecular flexibility index (Phi) is 8.33. The molecule has 1 rings (SSSR count). The fraction of sp³-hybridized carbons (Fsp3) is 0.579. The first kappa shape index (κ1) is 22.5. The summed E-state index contributed by atoms with van der Waals surface area (Å²) in [6, 6.07) is -0.469. The Morgan fingerprint density at radius 3 is 2.44 bits per heavy atom. The van der Waals surface area contributed by atoms with Crippen LogP contribution in [-0.2, 0) is 14.3 Å². The monoisotopic (exact) mass is 382 g/mol. The van der Waals surface area contributed by atoms with Gasteiger partial charge in [0.1, 0.15) is 17.1 Å². The number of aromatic nitrogens is 1. The van der Waals surface area contributed by atoms with E-state index in [0.717, 1.165) is 12.5 Å². The van der Waals surface area contributed by atoms with Crippen molar-refractivity contribution in [3.63, 3.8) is 0 Å². The lowest BCUT2D eigenvalue weighted by atomic mass is 10.1. The van der Waals surface area contributed by atoms with Gasteiger partial charge in [0, 0.05) is 18.2 Å². The molecule has 0 aliphatic carbocycles. The third kappa shape index (κ3) is 7.32.